The number of nitrogens with one attached hydrogen (secondary N) is 2. The molecule has 0 radical (unpaired) electrons. The van der Waals surface area contributed by atoms with Crippen LogP contribution in [0.2, 0.25) is 0 Å². The van der Waals surface area contributed by atoms with Crippen LogP contribution < -0.4 is 10.6 Å². The Hall–Kier alpha value is -2.06. The van der Waals surface area contributed by atoms with E-state index in [1.165, 1.54) is 12.1 Å². The number of hydrogen-bond donors (Lipinski definition) is 3. The normalized spacial score (nSPS) is 10.6. The van der Waals surface area contributed by atoms with E-state index in [0.29, 0.717) is 25.5 Å². The lowest BCUT2D eigenvalue weighted by Gasteiger charge is -2.16. The number of nitrogens with zero attached hydrogens (tertiary/aromatic N) is 1. The highest BCUT2D eigenvalue weighted by atomic mass is 16.5. The zero-order chi connectivity index (χ0) is 15.7. The van der Waals surface area contributed by atoms with Crippen molar-refractivity contribution in [3.63, 3.8) is 0 Å². The molecule has 1 aromatic rings. The Bertz CT molecular complexity index is 460. The number of carboxylic acid groups (broad SMARTS) is 1. The molecule has 0 saturated carbocycles. The predicted octanol–water partition coefficient (Wildman–Crippen LogP) is 0.355. The lowest BCUT2D eigenvalue weighted by Crippen LogP contribution is -2.39. The van der Waals surface area contributed by atoms with Gasteiger partial charge in [0.15, 0.2) is 0 Å². The summed E-state index contributed by atoms with van der Waals surface area (Å²) in [5.41, 5.74) is 0. The van der Waals surface area contributed by atoms with Gasteiger partial charge in [0.05, 0.1) is 13.2 Å². The van der Waals surface area contributed by atoms with Gasteiger partial charge in [0.25, 0.3) is 0 Å². The topological polar surface area (TPSA) is 104 Å². The van der Waals surface area contributed by atoms with Crippen molar-refractivity contribution in [2.75, 3.05) is 40.4 Å². The van der Waals surface area contributed by atoms with Crippen molar-refractivity contribution in [2.45, 2.75) is 6.54 Å². The molecule has 8 heteroatoms. The molecule has 0 aliphatic heterocycles. The smallest absolute Gasteiger partial charge is 0.371 e. The zero-order valence-electron chi connectivity index (χ0n) is 12.2. The Morgan fingerprint density at radius 2 is 2.10 bits per heavy atom. The molecule has 0 fully saturated rings. The third-order valence-electron chi connectivity index (χ3n) is 2.75. The number of furan rings is 1. The number of urea groups is 1. The quantitative estimate of drug-likeness (QED) is 0.608. The molecule has 0 spiro atoms. The number of aromatic carboxylic acids is 1. The SMILES string of the molecule is COCCN(C)CCNC(=O)NCc1ccc(C(=O)O)o1. The minimum atomic E-state index is -1.13. The Morgan fingerprint density at radius 1 is 1.33 bits per heavy atom. The first-order chi connectivity index (χ1) is 10.0. The van der Waals surface area contributed by atoms with Gasteiger partial charge in [0, 0.05) is 26.7 Å². The molecule has 3 N–H and O–H groups in total. The molecular formula is C13H21N3O5. The van der Waals surface area contributed by atoms with Gasteiger partial charge in [-0.25, -0.2) is 9.59 Å². The van der Waals surface area contributed by atoms with E-state index in [-0.39, 0.29) is 18.3 Å². The number of rotatable bonds is 9. The molecule has 118 valence electrons. The van der Waals surface area contributed by atoms with Crippen molar-refractivity contribution in [3.05, 3.63) is 23.7 Å². The van der Waals surface area contributed by atoms with Crippen molar-refractivity contribution in [1.82, 2.24) is 15.5 Å². The molecular weight excluding hydrogens is 278 g/mol. The summed E-state index contributed by atoms with van der Waals surface area (Å²) in [5.74, 6) is -0.892. The third kappa shape index (κ3) is 6.77. The number of amides is 2. The molecule has 8 nitrogen and oxygen atoms in total. The van der Waals surface area contributed by atoms with E-state index in [4.69, 9.17) is 14.3 Å². The summed E-state index contributed by atoms with van der Waals surface area (Å²) in [6.45, 7) is 2.79. The van der Waals surface area contributed by atoms with Crippen molar-refractivity contribution in [2.24, 2.45) is 0 Å². The molecule has 1 rings (SSSR count). The minimum Gasteiger partial charge on any atom is -0.475 e. The number of carbonyl (C=O) groups excluding carboxylic acids is 1. The van der Waals surface area contributed by atoms with Crippen molar-refractivity contribution in [1.29, 1.82) is 0 Å². The van der Waals surface area contributed by atoms with Crippen LogP contribution in [0.3, 0.4) is 0 Å². The fourth-order valence-corrected chi connectivity index (χ4v) is 1.54. The van der Waals surface area contributed by atoms with Crippen LogP contribution in [-0.2, 0) is 11.3 Å². The van der Waals surface area contributed by atoms with Crippen LogP contribution in [-0.4, -0.2) is 62.4 Å². The summed E-state index contributed by atoms with van der Waals surface area (Å²) in [4.78, 5) is 24.2. The molecule has 0 aliphatic carbocycles. The van der Waals surface area contributed by atoms with Crippen LogP contribution >= 0.6 is 0 Å². The third-order valence-corrected chi connectivity index (χ3v) is 2.75. The van der Waals surface area contributed by atoms with E-state index in [1.807, 2.05) is 11.9 Å². The van der Waals surface area contributed by atoms with E-state index in [9.17, 15) is 9.59 Å². The number of carbonyl (C=O) groups is 2. The first-order valence-corrected chi connectivity index (χ1v) is 6.54. The van der Waals surface area contributed by atoms with Gasteiger partial charge in [-0.1, -0.05) is 0 Å². The predicted molar refractivity (Wildman–Crippen MR) is 75.3 cm³/mol. The van der Waals surface area contributed by atoms with Crippen LogP contribution in [0.15, 0.2) is 16.5 Å². The molecule has 0 aromatic carbocycles. The highest BCUT2D eigenvalue weighted by molar-refractivity contribution is 5.84. The van der Waals surface area contributed by atoms with Gasteiger partial charge in [0.2, 0.25) is 5.76 Å². The first-order valence-electron chi connectivity index (χ1n) is 6.54. The first kappa shape index (κ1) is 17.0. The van der Waals surface area contributed by atoms with Crippen molar-refractivity contribution in [3.8, 4) is 0 Å². The molecule has 0 bridgehead atoms. The van der Waals surface area contributed by atoms with Crippen molar-refractivity contribution < 1.29 is 23.8 Å². The van der Waals surface area contributed by atoms with E-state index >= 15 is 0 Å². The van der Waals surface area contributed by atoms with Crippen molar-refractivity contribution >= 4 is 12.0 Å². The minimum absolute atomic E-state index is 0.138. The zero-order valence-corrected chi connectivity index (χ0v) is 12.2. The second-order valence-electron chi connectivity index (χ2n) is 4.48. The van der Waals surface area contributed by atoms with Crippen LogP contribution in [0, 0.1) is 0 Å². The van der Waals surface area contributed by atoms with Gasteiger partial charge in [-0.15, -0.1) is 0 Å². The summed E-state index contributed by atoms with van der Waals surface area (Å²) in [6, 6.07) is 2.54. The fraction of sp³-hybridized carbons (Fsp3) is 0.538. The summed E-state index contributed by atoms with van der Waals surface area (Å²) >= 11 is 0. The molecule has 2 amide bonds. The molecule has 0 unspecified atom stereocenters. The van der Waals surface area contributed by atoms with E-state index in [1.54, 1.807) is 7.11 Å². The fourth-order valence-electron chi connectivity index (χ4n) is 1.54. The van der Waals surface area contributed by atoms with E-state index in [2.05, 4.69) is 10.6 Å². The van der Waals surface area contributed by atoms with Gasteiger partial charge in [-0.3, -0.25) is 0 Å². The summed E-state index contributed by atoms with van der Waals surface area (Å²) in [6.07, 6.45) is 0. The highest BCUT2D eigenvalue weighted by Crippen LogP contribution is 2.07. The summed E-state index contributed by atoms with van der Waals surface area (Å²) in [7, 11) is 3.58. The lowest BCUT2D eigenvalue weighted by atomic mass is 10.4. The van der Waals surface area contributed by atoms with E-state index < -0.39 is 5.97 Å². The maximum atomic E-state index is 11.5. The van der Waals surface area contributed by atoms with Gasteiger partial charge < -0.3 is 29.8 Å². The van der Waals surface area contributed by atoms with Gasteiger partial charge in [-0.05, 0) is 19.2 Å². The molecule has 0 saturated heterocycles. The lowest BCUT2D eigenvalue weighted by molar-refractivity contribution is 0.0660. The number of hydrogen-bond acceptors (Lipinski definition) is 5. The van der Waals surface area contributed by atoms with Crippen LogP contribution in [0.25, 0.3) is 0 Å². The second kappa shape index (κ2) is 8.98. The van der Waals surface area contributed by atoms with Gasteiger partial charge in [-0.2, -0.15) is 0 Å². The van der Waals surface area contributed by atoms with Gasteiger partial charge >= 0.3 is 12.0 Å². The molecule has 1 aromatic heterocycles. The average molecular weight is 299 g/mol. The largest absolute Gasteiger partial charge is 0.475 e. The molecule has 1 heterocycles. The molecule has 0 aliphatic rings. The van der Waals surface area contributed by atoms with Crippen LogP contribution in [0.5, 0.6) is 0 Å². The highest BCUT2D eigenvalue weighted by Gasteiger charge is 2.09. The Balaban J connectivity index is 2.17. The number of likely N-dealkylation sites (N-methyl/N-ethyl adjacent to an activating group) is 1. The average Bonchev–Trinajstić information content (AvgIpc) is 2.92. The molecule has 0 atom stereocenters. The van der Waals surface area contributed by atoms with Crippen LogP contribution in [0.1, 0.15) is 16.3 Å². The second-order valence-corrected chi connectivity index (χ2v) is 4.48. The van der Waals surface area contributed by atoms with Crippen LogP contribution in [0.4, 0.5) is 4.79 Å². The summed E-state index contributed by atoms with van der Waals surface area (Å²) < 4.78 is 9.97. The Labute approximate surface area is 123 Å². The molecule has 21 heavy (non-hydrogen) atoms. The Morgan fingerprint density at radius 3 is 2.71 bits per heavy atom. The monoisotopic (exact) mass is 299 g/mol. The number of methoxy groups -OCH3 is 1. The summed E-state index contributed by atoms with van der Waals surface area (Å²) in [5, 5.41) is 14.0. The van der Waals surface area contributed by atoms with Gasteiger partial charge in [0.1, 0.15) is 5.76 Å². The maximum Gasteiger partial charge on any atom is 0.371 e. The number of carboxylic acids is 1. The maximum absolute atomic E-state index is 11.5. The Kier molecular flexibility index (Phi) is 7.27. The standard InChI is InChI=1S/C13H21N3O5/c1-16(7-8-20-2)6-5-14-13(19)15-9-10-3-4-11(21-10)12(17)18/h3-4H,5-9H2,1-2H3,(H,17,18)(H2,14,15,19). The van der Waals surface area contributed by atoms with E-state index in [0.717, 1.165) is 6.54 Å². The number of ether oxygens (including phenoxy) is 1.